The van der Waals surface area contributed by atoms with E-state index in [1.807, 2.05) is 0 Å². The summed E-state index contributed by atoms with van der Waals surface area (Å²) in [5, 5.41) is 7.00. The summed E-state index contributed by atoms with van der Waals surface area (Å²) in [4.78, 5) is 4.88. The van der Waals surface area contributed by atoms with Crippen LogP contribution in [0.3, 0.4) is 0 Å². The molecule has 0 unspecified atom stereocenters. The lowest BCUT2D eigenvalue weighted by Crippen LogP contribution is -2.47. The number of aliphatic imine (C=N–C) groups is 1. The highest BCUT2D eigenvalue weighted by molar-refractivity contribution is 14.0. The third-order valence-electron chi connectivity index (χ3n) is 5.74. The molecule has 148 valence electrons. The van der Waals surface area contributed by atoms with Crippen LogP contribution in [0, 0.1) is 10.8 Å². The van der Waals surface area contributed by atoms with Crippen molar-refractivity contribution < 1.29 is 9.47 Å². The highest BCUT2D eigenvalue weighted by Gasteiger charge is 2.42. The molecule has 0 atom stereocenters. The predicted octanol–water partition coefficient (Wildman–Crippen LogP) is 3.57. The highest BCUT2D eigenvalue weighted by atomic mass is 127. The predicted molar refractivity (Wildman–Crippen MR) is 115 cm³/mol. The summed E-state index contributed by atoms with van der Waals surface area (Å²) in [7, 11) is 1.79. The molecule has 0 amide bonds. The van der Waals surface area contributed by atoms with E-state index in [0.29, 0.717) is 10.8 Å². The van der Waals surface area contributed by atoms with Gasteiger partial charge in [-0.25, -0.2) is 0 Å². The second kappa shape index (κ2) is 11.6. The van der Waals surface area contributed by atoms with Crippen LogP contribution in [0.1, 0.15) is 58.8 Å². The van der Waals surface area contributed by atoms with E-state index < -0.39 is 0 Å². The molecule has 25 heavy (non-hydrogen) atoms. The minimum absolute atomic E-state index is 0. The fourth-order valence-electron chi connectivity index (χ4n) is 3.47. The minimum Gasteiger partial charge on any atom is -0.385 e. The van der Waals surface area contributed by atoms with Crippen molar-refractivity contribution in [2.75, 3.05) is 46.6 Å². The van der Waals surface area contributed by atoms with Gasteiger partial charge in [0.25, 0.3) is 0 Å². The van der Waals surface area contributed by atoms with Gasteiger partial charge in [-0.1, -0.05) is 6.42 Å². The van der Waals surface area contributed by atoms with E-state index in [4.69, 9.17) is 14.5 Å². The Balaban J connectivity index is 0.00000312. The van der Waals surface area contributed by atoms with Gasteiger partial charge in [0.1, 0.15) is 0 Å². The SMILES string of the molecule is CCNC(=NCC1(CCOCC)CC1)NCC1(CCOC)CCC1.I. The Kier molecular flexibility index (Phi) is 10.6. The molecule has 0 aromatic carbocycles. The number of nitrogens with zero attached hydrogens (tertiary/aromatic N) is 1. The van der Waals surface area contributed by atoms with Crippen LogP contribution in [0.4, 0.5) is 0 Å². The number of ether oxygens (including phenoxy) is 2. The van der Waals surface area contributed by atoms with E-state index in [1.54, 1.807) is 7.11 Å². The molecule has 0 saturated heterocycles. The zero-order chi connectivity index (χ0) is 17.3. The maximum atomic E-state index is 5.52. The van der Waals surface area contributed by atoms with E-state index in [2.05, 4.69) is 24.5 Å². The van der Waals surface area contributed by atoms with Crippen molar-refractivity contribution in [3.05, 3.63) is 0 Å². The van der Waals surface area contributed by atoms with E-state index in [-0.39, 0.29) is 24.0 Å². The Hall–Kier alpha value is -0.0800. The first-order valence-electron chi connectivity index (χ1n) is 9.76. The van der Waals surface area contributed by atoms with Crippen molar-refractivity contribution >= 4 is 29.9 Å². The van der Waals surface area contributed by atoms with Gasteiger partial charge in [-0.2, -0.15) is 0 Å². The fourth-order valence-corrected chi connectivity index (χ4v) is 3.47. The lowest BCUT2D eigenvalue weighted by Gasteiger charge is -2.42. The third-order valence-corrected chi connectivity index (χ3v) is 5.74. The Labute approximate surface area is 171 Å². The zero-order valence-electron chi connectivity index (χ0n) is 16.4. The standard InChI is InChI=1S/C19H37N3O2.HI/c1-4-20-17(21-15-18(7-6-8-18)11-13-23-3)22-16-19(9-10-19)12-14-24-5-2;/h4-16H2,1-3H3,(H2,20,21,22);1H. The van der Waals surface area contributed by atoms with Gasteiger partial charge in [0.15, 0.2) is 5.96 Å². The maximum absolute atomic E-state index is 5.52. The van der Waals surface area contributed by atoms with Gasteiger partial charge >= 0.3 is 0 Å². The van der Waals surface area contributed by atoms with Crippen LogP contribution in [0.25, 0.3) is 0 Å². The molecule has 0 spiro atoms. The highest BCUT2D eigenvalue weighted by Crippen LogP contribution is 2.49. The molecule has 2 aliphatic rings. The van der Waals surface area contributed by atoms with Crippen LogP contribution >= 0.6 is 24.0 Å². The molecule has 2 N–H and O–H groups in total. The van der Waals surface area contributed by atoms with Gasteiger partial charge in [-0.05, 0) is 63.2 Å². The lowest BCUT2D eigenvalue weighted by atomic mass is 9.67. The van der Waals surface area contributed by atoms with Crippen molar-refractivity contribution in [3.8, 4) is 0 Å². The van der Waals surface area contributed by atoms with Crippen molar-refractivity contribution in [3.63, 3.8) is 0 Å². The number of hydrogen-bond donors (Lipinski definition) is 2. The topological polar surface area (TPSA) is 54.9 Å². The number of halogens is 1. The molecule has 0 aromatic rings. The summed E-state index contributed by atoms with van der Waals surface area (Å²) in [5.74, 6) is 0.976. The van der Waals surface area contributed by atoms with Crippen LogP contribution in [0.15, 0.2) is 4.99 Å². The summed E-state index contributed by atoms with van der Waals surface area (Å²) in [6, 6.07) is 0. The Morgan fingerprint density at radius 1 is 1.00 bits per heavy atom. The van der Waals surface area contributed by atoms with E-state index >= 15 is 0 Å². The van der Waals surface area contributed by atoms with Crippen LogP contribution < -0.4 is 10.6 Å². The molecule has 5 nitrogen and oxygen atoms in total. The molecule has 6 heteroatoms. The van der Waals surface area contributed by atoms with Gasteiger partial charge in [0, 0.05) is 46.6 Å². The molecule has 0 bridgehead atoms. The van der Waals surface area contributed by atoms with Crippen LogP contribution in [-0.2, 0) is 9.47 Å². The smallest absolute Gasteiger partial charge is 0.191 e. The molecule has 2 saturated carbocycles. The molecular formula is C19H38IN3O2. The number of rotatable bonds is 12. The van der Waals surface area contributed by atoms with Crippen LogP contribution in [0.2, 0.25) is 0 Å². The van der Waals surface area contributed by atoms with Crippen molar-refractivity contribution in [2.24, 2.45) is 15.8 Å². The summed E-state index contributed by atoms with van der Waals surface area (Å²) in [6.45, 7) is 9.56. The summed E-state index contributed by atoms with van der Waals surface area (Å²) in [6.07, 6.45) is 8.83. The van der Waals surface area contributed by atoms with Crippen molar-refractivity contribution in [1.82, 2.24) is 10.6 Å². The summed E-state index contributed by atoms with van der Waals surface area (Å²) in [5.41, 5.74) is 0.820. The maximum Gasteiger partial charge on any atom is 0.191 e. The summed E-state index contributed by atoms with van der Waals surface area (Å²) >= 11 is 0. The molecule has 2 aliphatic carbocycles. The molecule has 0 aliphatic heterocycles. The number of hydrogen-bond acceptors (Lipinski definition) is 3. The number of nitrogens with one attached hydrogen (secondary N) is 2. The fraction of sp³-hybridized carbons (Fsp3) is 0.947. The normalized spacial score (nSPS) is 20.4. The quantitative estimate of drug-likeness (QED) is 0.200. The summed E-state index contributed by atoms with van der Waals surface area (Å²) < 4.78 is 10.8. The second-order valence-corrected chi connectivity index (χ2v) is 7.59. The van der Waals surface area contributed by atoms with Gasteiger partial charge in [0.2, 0.25) is 0 Å². The Bertz CT molecular complexity index is 396. The lowest BCUT2D eigenvalue weighted by molar-refractivity contribution is 0.0732. The molecule has 2 fully saturated rings. The van der Waals surface area contributed by atoms with Crippen LogP contribution in [0.5, 0.6) is 0 Å². The van der Waals surface area contributed by atoms with Crippen LogP contribution in [-0.4, -0.2) is 52.5 Å². The molecule has 2 rings (SSSR count). The van der Waals surface area contributed by atoms with Gasteiger partial charge in [0.05, 0.1) is 0 Å². The minimum atomic E-state index is 0. The number of methoxy groups -OCH3 is 1. The largest absolute Gasteiger partial charge is 0.385 e. The first-order chi connectivity index (χ1) is 11.7. The molecular weight excluding hydrogens is 429 g/mol. The third kappa shape index (κ3) is 7.59. The van der Waals surface area contributed by atoms with E-state index in [9.17, 15) is 0 Å². The first kappa shape index (κ1) is 23.0. The van der Waals surface area contributed by atoms with Gasteiger partial charge in [-0.3, -0.25) is 4.99 Å². The average molecular weight is 467 g/mol. The Morgan fingerprint density at radius 2 is 1.72 bits per heavy atom. The van der Waals surface area contributed by atoms with Crippen molar-refractivity contribution in [2.45, 2.75) is 58.8 Å². The first-order valence-corrected chi connectivity index (χ1v) is 9.76. The zero-order valence-corrected chi connectivity index (χ0v) is 18.7. The van der Waals surface area contributed by atoms with E-state index in [1.165, 1.54) is 32.1 Å². The molecule has 0 radical (unpaired) electrons. The number of guanidine groups is 1. The molecule has 0 heterocycles. The van der Waals surface area contributed by atoms with Gasteiger partial charge in [-0.15, -0.1) is 24.0 Å². The van der Waals surface area contributed by atoms with Crippen molar-refractivity contribution in [1.29, 1.82) is 0 Å². The molecule has 0 aromatic heterocycles. The Morgan fingerprint density at radius 3 is 2.24 bits per heavy atom. The second-order valence-electron chi connectivity index (χ2n) is 7.59. The van der Waals surface area contributed by atoms with Gasteiger partial charge < -0.3 is 20.1 Å². The van der Waals surface area contributed by atoms with E-state index in [0.717, 1.165) is 58.3 Å². The monoisotopic (exact) mass is 467 g/mol. The average Bonchev–Trinajstić information content (AvgIpc) is 3.31.